The van der Waals surface area contributed by atoms with E-state index in [-0.39, 0.29) is 11.7 Å². The number of benzene rings is 4. The SMILES string of the molecule is CCOc1cc(C=NNC(=O)c2cccc(NC(=O)c3ccccc3Cl)c2)ccc1OC(=O)c1cccc(C)c1. The molecule has 0 aliphatic carbocycles. The summed E-state index contributed by atoms with van der Waals surface area (Å²) in [4.78, 5) is 37.8. The fraction of sp³-hybridized carbons (Fsp3) is 0.0968. The summed E-state index contributed by atoms with van der Waals surface area (Å²) in [7, 11) is 0. The van der Waals surface area contributed by atoms with Gasteiger partial charge in [-0.1, -0.05) is 47.5 Å². The highest BCUT2D eigenvalue weighted by molar-refractivity contribution is 6.34. The van der Waals surface area contributed by atoms with Crippen LogP contribution in [0.2, 0.25) is 5.02 Å². The van der Waals surface area contributed by atoms with Crippen molar-refractivity contribution in [2.24, 2.45) is 5.10 Å². The smallest absolute Gasteiger partial charge is 0.343 e. The maximum absolute atomic E-state index is 12.7. The second-order valence-electron chi connectivity index (χ2n) is 8.61. The van der Waals surface area contributed by atoms with E-state index in [0.717, 1.165) is 5.56 Å². The molecule has 0 aliphatic heterocycles. The van der Waals surface area contributed by atoms with E-state index in [2.05, 4.69) is 15.8 Å². The Morgan fingerprint density at radius 3 is 2.40 bits per heavy atom. The molecular weight excluding hydrogens is 530 g/mol. The molecule has 4 aromatic rings. The van der Waals surface area contributed by atoms with Crippen LogP contribution in [0, 0.1) is 6.92 Å². The van der Waals surface area contributed by atoms with Gasteiger partial charge in [0.1, 0.15) is 0 Å². The fourth-order valence-corrected chi connectivity index (χ4v) is 3.92. The van der Waals surface area contributed by atoms with Crippen LogP contribution in [-0.2, 0) is 0 Å². The molecule has 0 radical (unpaired) electrons. The Bertz CT molecular complexity index is 1590. The van der Waals surface area contributed by atoms with Crippen molar-refractivity contribution >= 4 is 41.3 Å². The third-order valence-corrected chi connectivity index (χ3v) is 5.93. The summed E-state index contributed by atoms with van der Waals surface area (Å²) in [6.45, 7) is 4.07. The Kier molecular flexibility index (Phi) is 9.27. The number of carbonyl (C=O) groups is 3. The van der Waals surface area contributed by atoms with Gasteiger partial charge in [-0.2, -0.15) is 5.10 Å². The van der Waals surface area contributed by atoms with Gasteiger partial charge in [-0.25, -0.2) is 10.2 Å². The summed E-state index contributed by atoms with van der Waals surface area (Å²) in [5, 5.41) is 7.09. The topological polar surface area (TPSA) is 106 Å². The summed E-state index contributed by atoms with van der Waals surface area (Å²) in [5.41, 5.74) is 5.50. The molecule has 0 atom stereocenters. The van der Waals surface area contributed by atoms with E-state index >= 15 is 0 Å². The van der Waals surface area contributed by atoms with Gasteiger partial charge < -0.3 is 14.8 Å². The summed E-state index contributed by atoms with van der Waals surface area (Å²) in [6, 6.07) is 25.2. The first kappa shape index (κ1) is 28.1. The molecule has 40 heavy (non-hydrogen) atoms. The largest absolute Gasteiger partial charge is 0.490 e. The van der Waals surface area contributed by atoms with Crippen LogP contribution in [0.5, 0.6) is 11.5 Å². The second kappa shape index (κ2) is 13.2. The lowest BCUT2D eigenvalue weighted by molar-refractivity contribution is 0.0727. The number of nitrogens with zero attached hydrogens (tertiary/aromatic N) is 1. The molecule has 0 aromatic heterocycles. The van der Waals surface area contributed by atoms with Crippen molar-refractivity contribution in [2.75, 3.05) is 11.9 Å². The van der Waals surface area contributed by atoms with Crippen molar-refractivity contribution in [3.8, 4) is 11.5 Å². The number of amides is 2. The average molecular weight is 556 g/mol. The maximum atomic E-state index is 12.7. The normalized spacial score (nSPS) is 10.7. The second-order valence-corrected chi connectivity index (χ2v) is 9.02. The monoisotopic (exact) mass is 555 g/mol. The van der Waals surface area contributed by atoms with E-state index in [0.29, 0.717) is 45.3 Å². The predicted octanol–water partition coefficient (Wildman–Crippen LogP) is 6.28. The zero-order valence-corrected chi connectivity index (χ0v) is 22.6. The van der Waals surface area contributed by atoms with E-state index in [4.69, 9.17) is 21.1 Å². The number of ether oxygens (including phenoxy) is 2. The van der Waals surface area contributed by atoms with Crippen molar-refractivity contribution < 1.29 is 23.9 Å². The Labute approximate surface area is 236 Å². The van der Waals surface area contributed by atoms with Gasteiger partial charge in [0.05, 0.1) is 29.0 Å². The quantitative estimate of drug-likeness (QED) is 0.109. The zero-order chi connectivity index (χ0) is 28.5. The molecule has 2 amide bonds. The van der Waals surface area contributed by atoms with Crippen LogP contribution in [0.1, 0.15) is 49.1 Å². The number of carbonyl (C=O) groups excluding carboxylic acids is 3. The van der Waals surface area contributed by atoms with Crippen LogP contribution >= 0.6 is 11.6 Å². The molecule has 0 fully saturated rings. The number of aryl methyl sites for hydroxylation is 1. The van der Waals surface area contributed by atoms with E-state index in [9.17, 15) is 14.4 Å². The van der Waals surface area contributed by atoms with Gasteiger partial charge in [0, 0.05) is 11.3 Å². The van der Waals surface area contributed by atoms with Crippen molar-refractivity contribution in [3.05, 3.63) is 124 Å². The predicted molar refractivity (Wildman–Crippen MR) is 155 cm³/mol. The Morgan fingerprint density at radius 2 is 1.62 bits per heavy atom. The Balaban J connectivity index is 1.40. The highest BCUT2D eigenvalue weighted by Gasteiger charge is 2.14. The number of rotatable bonds is 9. The number of anilines is 1. The van der Waals surface area contributed by atoms with Crippen LogP contribution in [0.15, 0.2) is 96.1 Å². The molecule has 202 valence electrons. The number of esters is 1. The van der Waals surface area contributed by atoms with Crippen LogP contribution in [0.3, 0.4) is 0 Å². The minimum atomic E-state index is -0.497. The maximum Gasteiger partial charge on any atom is 0.343 e. The van der Waals surface area contributed by atoms with E-state index in [1.54, 1.807) is 78.9 Å². The lowest BCUT2D eigenvalue weighted by Gasteiger charge is -2.11. The van der Waals surface area contributed by atoms with Gasteiger partial charge in [-0.05, 0) is 80.1 Å². The summed E-state index contributed by atoms with van der Waals surface area (Å²) in [6.07, 6.45) is 1.44. The molecule has 0 spiro atoms. The molecule has 8 nitrogen and oxygen atoms in total. The number of halogens is 1. The average Bonchev–Trinajstić information content (AvgIpc) is 2.94. The molecule has 4 rings (SSSR count). The molecule has 4 aromatic carbocycles. The highest BCUT2D eigenvalue weighted by Crippen LogP contribution is 2.29. The van der Waals surface area contributed by atoms with Gasteiger partial charge in [0.25, 0.3) is 11.8 Å². The van der Waals surface area contributed by atoms with Gasteiger partial charge in [0.2, 0.25) is 0 Å². The number of hydrazone groups is 1. The van der Waals surface area contributed by atoms with Crippen LogP contribution < -0.4 is 20.2 Å². The van der Waals surface area contributed by atoms with Crippen molar-refractivity contribution in [3.63, 3.8) is 0 Å². The van der Waals surface area contributed by atoms with E-state index < -0.39 is 11.9 Å². The third-order valence-electron chi connectivity index (χ3n) is 5.60. The molecule has 0 aliphatic rings. The van der Waals surface area contributed by atoms with Crippen molar-refractivity contribution in [1.82, 2.24) is 5.43 Å². The van der Waals surface area contributed by atoms with Crippen LogP contribution in [-0.4, -0.2) is 30.6 Å². The Morgan fingerprint density at radius 1 is 0.850 bits per heavy atom. The molecule has 2 N–H and O–H groups in total. The van der Waals surface area contributed by atoms with Gasteiger partial charge in [-0.3, -0.25) is 9.59 Å². The molecule has 0 bridgehead atoms. The summed E-state index contributed by atoms with van der Waals surface area (Å²) in [5.74, 6) is -0.729. The van der Waals surface area contributed by atoms with Gasteiger partial charge in [0.15, 0.2) is 11.5 Å². The first-order valence-corrected chi connectivity index (χ1v) is 12.8. The lowest BCUT2D eigenvalue weighted by atomic mass is 10.1. The summed E-state index contributed by atoms with van der Waals surface area (Å²) < 4.78 is 11.2. The highest BCUT2D eigenvalue weighted by atomic mass is 35.5. The number of hydrogen-bond donors (Lipinski definition) is 2. The third kappa shape index (κ3) is 7.33. The fourth-order valence-electron chi connectivity index (χ4n) is 3.70. The minimum Gasteiger partial charge on any atom is -0.490 e. The van der Waals surface area contributed by atoms with Crippen LogP contribution in [0.25, 0.3) is 0 Å². The first-order chi connectivity index (χ1) is 19.3. The molecule has 9 heteroatoms. The molecular formula is C31H26ClN3O5. The van der Waals surface area contributed by atoms with Gasteiger partial charge in [-0.15, -0.1) is 0 Å². The lowest BCUT2D eigenvalue weighted by Crippen LogP contribution is -2.18. The van der Waals surface area contributed by atoms with Crippen LogP contribution in [0.4, 0.5) is 5.69 Å². The van der Waals surface area contributed by atoms with E-state index in [1.807, 2.05) is 19.9 Å². The standard InChI is InChI=1S/C31H26ClN3O5/c1-3-39-28-17-21(14-15-27(28)40-31(38)23-10-6-8-20(2)16-23)19-33-35-29(36)22-9-7-11-24(18-22)34-30(37)25-12-4-5-13-26(25)32/h4-19H,3H2,1-2H3,(H,34,37)(H,35,36). The zero-order valence-electron chi connectivity index (χ0n) is 21.8. The number of hydrogen-bond acceptors (Lipinski definition) is 6. The van der Waals surface area contributed by atoms with Crippen molar-refractivity contribution in [1.29, 1.82) is 0 Å². The molecule has 0 saturated heterocycles. The number of nitrogens with one attached hydrogen (secondary N) is 2. The molecule has 0 heterocycles. The molecule has 0 saturated carbocycles. The molecule has 0 unspecified atom stereocenters. The van der Waals surface area contributed by atoms with E-state index in [1.165, 1.54) is 12.3 Å². The van der Waals surface area contributed by atoms with Crippen molar-refractivity contribution in [2.45, 2.75) is 13.8 Å². The Hall–Kier alpha value is -4.95. The first-order valence-electron chi connectivity index (χ1n) is 12.4. The summed E-state index contributed by atoms with van der Waals surface area (Å²) >= 11 is 6.09. The van der Waals surface area contributed by atoms with Gasteiger partial charge >= 0.3 is 5.97 Å². The minimum absolute atomic E-state index is 0.269.